The summed E-state index contributed by atoms with van der Waals surface area (Å²) in [5, 5.41) is 3.74. The molecular weight excluding hydrogens is 230 g/mol. The zero-order valence-electron chi connectivity index (χ0n) is 9.47. The van der Waals surface area contributed by atoms with E-state index in [1.54, 1.807) is 6.07 Å². The van der Waals surface area contributed by atoms with E-state index in [4.69, 9.17) is 11.6 Å². The molecule has 0 amide bonds. The number of nitrogens with one attached hydrogen (secondary N) is 1. The van der Waals surface area contributed by atoms with Crippen LogP contribution in [0.5, 0.6) is 0 Å². The van der Waals surface area contributed by atoms with Crippen LogP contribution in [0, 0.1) is 6.92 Å². The second kappa shape index (κ2) is 5.03. The normalized spacial score (nSPS) is 11.5. The Hall–Kier alpha value is -0.480. The standard InChI is InChI=1S/C10H16ClN3S/c1-7-13-8(11)5-9(14-7)12-6-10(2,3)15-4/h5H,6H2,1-4H3,(H,12,13,14). The van der Waals surface area contributed by atoms with Gasteiger partial charge in [-0.15, -0.1) is 0 Å². The Balaban J connectivity index is 2.65. The molecule has 3 nitrogen and oxygen atoms in total. The minimum absolute atomic E-state index is 0.186. The summed E-state index contributed by atoms with van der Waals surface area (Å²) in [5.41, 5.74) is 0. The van der Waals surface area contributed by atoms with Crippen molar-refractivity contribution in [1.82, 2.24) is 9.97 Å². The summed E-state index contributed by atoms with van der Waals surface area (Å²) < 4.78 is 0.186. The molecule has 1 rings (SSSR count). The Morgan fingerprint density at radius 3 is 2.67 bits per heavy atom. The molecule has 1 aromatic heterocycles. The summed E-state index contributed by atoms with van der Waals surface area (Å²) in [5.74, 6) is 1.47. The largest absolute Gasteiger partial charge is 0.369 e. The van der Waals surface area contributed by atoms with Gasteiger partial charge in [-0.25, -0.2) is 9.97 Å². The van der Waals surface area contributed by atoms with E-state index < -0.39 is 0 Å². The van der Waals surface area contributed by atoms with E-state index >= 15 is 0 Å². The quantitative estimate of drug-likeness (QED) is 0.828. The van der Waals surface area contributed by atoms with Gasteiger partial charge in [0, 0.05) is 17.4 Å². The lowest BCUT2D eigenvalue weighted by Gasteiger charge is -2.22. The molecule has 0 fully saturated rings. The third kappa shape index (κ3) is 4.26. The van der Waals surface area contributed by atoms with Crippen LogP contribution in [0.2, 0.25) is 5.15 Å². The van der Waals surface area contributed by atoms with Crippen LogP contribution in [0.1, 0.15) is 19.7 Å². The molecule has 0 saturated carbocycles. The van der Waals surface area contributed by atoms with Gasteiger partial charge in [0.05, 0.1) is 0 Å². The first kappa shape index (κ1) is 12.6. The minimum atomic E-state index is 0.186. The summed E-state index contributed by atoms with van der Waals surface area (Å²) in [6, 6.07) is 1.74. The van der Waals surface area contributed by atoms with Crippen molar-refractivity contribution in [2.24, 2.45) is 0 Å². The molecule has 0 aromatic carbocycles. The molecule has 15 heavy (non-hydrogen) atoms. The van der Waals surface area contributed by atoms with Gasteiger partial charge in [-0.3, -0.25) is 0 Å². The van der Waals surface area contributed by atoms with Crippen molar-refractivity contribution in [2.75, 3.05) is 18.1 Å². The van der Waals surface area contributed by atoms with Crippen LogP contribution in [-0.4, -0.2) is 27.5 Å². The molecule has 0 saturated heterocycles. The smallest absolute Gasteiger partial charge is 0.134 e. The number of hydrogen-bond acceptors (Lipinski definition) is 4. The van der Waals surface area contributed by atoms with E-state index in [-0.39, 0.29) is 4.75 Å². The SMILES string of the molecule is CSC(C)(C)CNc1cc(Cl)nc(C)n1. The molecule has 0 aliphatic rings. The van der Waals surface area contributed by atoms with Crippen LogP contribution in [-0.2, 0) is 0 Å². The molecule has 5 heteroatoms. The van der Waals surface area contributed by atoms with Gasteiger partial charge in [-0.2, -0.15) is 11.8 Å². The van der Waals surface area contributed by atoms with Gasteiger partial charge in [0.1, 0.15) is 16.8 Å². The van der Waals surface area contributed by atoms with Gasteiger partial charge in [0.15, 0.2) is 0 Å². The van der Waals surface area contributed by atoms with Crippen molar-refractivity contribution in [1.29, 1.82) is 0 Å². The van der Waals surface area contributed by atoms with Crippen LogP contribution in [0.4, 0.5) is 5.82 Å². The van der Waals surface area contributed by atoms with Crippen LogP contribution in [0.15, 0.2) is 6.07 Å². The highest BCUT2D eigenvalue weighted by atomic mass is 35.5. The van der Waals surface area contributed by atoms with Crippen molar-refractivity contribution in [3.63, 3.8) is 0 Å². The zero-order chi connectivity index (χ0) is 11.5. The lowest BCUT2D eigenvalue weighted by molar-refractivity contribution is 0.749. The predicted octanol–water partition coefficient (Wildman–Crippen LogP) is 2.99. The fraction of sp³-hybridized carbons (Fsp3) is 0.600. The van der Waals surface area contributed by atoms with E-state index in [0.29, 0.717) is 11.0 Å². The average Bonchev–Trinajstić information content (AvgIpc) is 2.14. The monoisotopic (exact) mass is 245 g/mol. The Bertz CT molecular complexity index is 321. The molecule has 0 aliphatic heterocycles. The summed E-state index contributed by atoms with van der Waals surface area (Å²) in [6.45, 7) is 7.04. The molecule has 0 atom stereocenters. The molecule has 0 spiro atoms. The lowest BCUT2D eigenvalue weighted by Crippen LogP contribution is -2.26. The highest BCUT2D eigenvalue weighted by molar-refractivity contribution is 7.99. The van der Waals surface area contributed by atoms with Crippen LogP contribution < -0.4 is 5.32 Å². The number of aryl methyl sites for hydroxylation is 1. The number of rotatable bonds is 4. The minimum Gasteiger partial charge on any atom is -0.369 e. The number of anilines is 1. The van der Waals surface area contributed by atoms with Crippen molar-refractivity contribution in [3.8, 4) is 0 Å². The van der Waals surface area contributed by atoms with E-state index in [2.05, 4.69) is 35.4 Å². The second-order valence-corrected chi connectivity index (χ2v) is 5.84. The van der Waals surface area contributed by atoms with Crippen molar-refractivity contribution in [3.05, 3.63) is 17.0 Å². The zero-order valence-corrected chi connectivity index (χ0v) is 11.0. The highest BCUT2D eigenvalue weighted by Gasteiger charge is 2.15. The van der Waals surface area contributed by atoms with E-state index in [1.165, 1.54) is 0 Å². The second-order valence-electron chi connectivity index (χ2n) is 3.94. The number of nitrogens with zero attached hydrogens (tertiary/aromatic N) is 2. The Kier molecular flexibility index (Phi) is 4.22. The Labute approximate surface area is 100 Å². The first-order valence-electron chi connectivity index (χ1n) is 4.73. The number of thioether (sulfide) groups is 1. The molecule has 0 unspecified atom stereocenters. The maximum Gasteiger partial charge on any atom is 0.134 e. The first-order valence-corrected chi connectivity index (χ1v) is 6.33. The molecule has 0 aliphatic carbocycles. The van der Waals surface area contributed by atoms with Gasteiger partial charge in [-0.1, -0.05) is 11.6 Å². The van der Waals surface area contributed by atoms with Gasteiger partial charge in [0.2, 0.25) is 0 Å². The Morgan fingerprint density at radius 1 is 1.47 bits per heavy atom. The average molecular weight is 246 g/mol. The maximum absolute atomic E-state index is 5.84. The fourth-order valence-corrected chi connectivity index (χ4v) is 1.44. The first-order chi connectivity index (χ1) is 6.93. The van der Waals surface area contributed by atoms with Crippen molar-refractivity contribution >= 4 is 29.2 Å². The van der Waals surface area contributed by atoms with Crippen LogP contribution >= 0.6 is 23.4 Å². The maximum atomic E-state index is 5.84. The number of hydrogen-bond donors (Lipinski definition) is 1. The van der Waals surface area contributed by atoms with E-state index in [0.717, 1.165) is 12.4 Å². The molecule has 84 valence electrons. The molecule has 0 radical (unpaired) electrons. The summed E-state index contributed by atoms with van der Waals surface area (Å²) in [6.07, 6.45) is 2.10. The number of halogens is 1. The third-order valence-electron chi connectivity index (χ3n) is 2.05. The highest BCUT2D eigenvalue weighted by Crippen LogP contribution is 2.21. The summed E-state index contributed by atoms with van der Waals surface area (Å²) >= 11 is 7.65. The van der Waals surface area contributed by atoms with Gasteiger partial charge in [0.25, 0.3) is 0 Å². The van der Waals surface area contributed by atoms with E-state index in [9.17, 15) is 0 Å². The van der Waals surface area contributed by atoms with Crippen molar-refractivity contribution < 1.29 is 0 Å². The molecule has 1 heterocycles. The molecule has 1 N–H and O–H groups in total. The van der Waals surface area contributed by atoms with Gasteiger partial charge >= 0.3 is 0 Å². The van der Waals surface area contributed by atoms with Crippen LogP contribution in [0.25, 0.3) is 0 Å². The van der Waals surface area contributed by atoms with Crippen LogP contribution in [0.3, 0.4) is 0 Å². The third-order valence-corrected chi connectivity index (χ3v) is 3.50. The Morgan fingerprint density at radius 2 is 2.13 bits per heavy atom. The molecule has 0 bridgehead atoms. The molecular formula is C10H16ClN3S. The summed E-state index contributed by atoms with van der Waals surface area (Å²) in [4.78, 5) is 8.26. The predicted molar refractivity (Wildman–Crippen MR) is 67.9 cm³/mol. The van der Waals surface area contributed by atoms with Gasteiger partial charge < -0.3 is 5.32 Å². The fourth-order valence-electron chi connectivity index (χ4n) is 0.997. The van der Waals surface area contributed by atoms with Crippen molar-refractivity contribution in [2.45, 2.75) is 25.5 Å². The van der Waals surface area contributed by atoms with E-state index in [1.807, 2.05) is 18.7 Å². The number of aromatic nitrogens is 2. The topological polar surface area (TPSA) is 37.8 Å². The summed E-state index contributed by atoms with van der Waals surface area (Å²) in [7, 11) is 0. The molecule has 1 aromatic rings. The van der Waals surface area contributed by atoms with Gasteiger partial charge in [-0.05, 0) is 27.0 Å². The lowest BCUT2D eigenvalue weighted by atomic mass is 10.2.